The van der Waals surface area contributed by atoms with Gasteiger partial charge in [0.25, 0.3) is 0 Å². The first-order chi connectivity index (χ1) is 9.69. The Labute approximate surface area is 120 Å². The molecular weight excluding hydrogens is 252 g/mol. The average Bonchev–Trinajstić information content (AvgIpc) is 2.91. The zero-order valence-electron chi connectivity index (χ0n) is 12.4. The summed E-state index contributed by atoms with van der Waals surface area (Å²) < 4.78 is 7.23. The average molecular weight is 274 g/mol. The maximum absolute atomic E-state index is 5.42. The van der Waals surface area contributed by atoms with Crippen molar-refractivity contribution in [3.05, 3.63) is 42.0 Å². The fourth-order valence-corrected chi connectivity index (χ4v) is 2.20. The van der Waals surface area contributed by atoms with Crippen molar-refractivity contribution >= 4 is 0 Å². The minimum atomic E-state index is 0.685. The largest absolute Gasteiger partial charge is 0.496 e. The molecule has 0 amide bonds. The third-order valence-corrected chi connectivity index (χ3v) is 3.21. The predicted octanol–water partition coefficient (Wildman–Crippen LogP) is 1.83. The molecular formula is C15H22N4O. The van der Waals surface area contributed by atoms with Crippen molar-refractivity contribution in [2.45, 2.75) is 19.4 Å². The van der Waals surface area contributed by atoms with Gasteiger partial charge in [0.15, 0.2) is 0 Å². The van der Waals surface area contributed by atoms with E-state index in [1.54, 1.807) is 24.4 Å². The molecule has 0 atom stereocenters. The van der Waals surface area contributed by atoms with Gasteiger partial charge >= 0.3 is 0 Å². The fourth-order valence-electron chi connectivity index (χ4n) is 2.20. The lowest BCUT2D eigenvalue weighted by atomic mass is 10.1. The van der Waals surface area contributed by atoms with Gasteiger partial charge in [-0.25, -0.2) is 9.67 Å². The summed E-state index contributed by atoms with van der Waals surface area (Å²) in [4.78, 5) is 6.18. The van der Waals surface area contributed by atoms with Crippen molar-refractivity contribution in [3.63, 3.8) is 0 Å². The van der Waals surface area contributed by atoms with E-state index in [4.69, 9.17) is 4.74 Å². The van der Waals surface area contributed by atoms with Crippen LogP contribution in [-0.2, 0) is 13.0 Å². The van der Waals surface area contributed by atoms with Crippen molar-refractivity contribution in [1.82, 2.24) is 19.7 Å². The van der Waals surface area contributed by atoms with Crippen molar-refractivity contribution in [2.24, 2.45) is 0 Å². The molecule has 0 aliphatic rings. The van der Waals surface area contributed by atoms with Crippen molar-refractivity contribution < 1.29 is 4.74 Å². The van der Waals surface area contributed by atoms with E-state index in [9.17, 15) is 0 Å². The summed E-state index contributed by atoms with van der Waals surface area (Å²) in [5.74, 6) is 0.900. The zero-order chi connectivity index (χ0) is 14.4. The van der Waals surface area contributed by atoms with E-state index in [0.717, 1.165) is 30.7 Å². The zero-order valence-corrected chi connectivity index (χ0v) is 12.4. The van der Waals surface area contributed by atoms with Crippen LogP contribution in [0.1, 0.15) is 17.5 Å². The molecule has 1 aromatic heterocycles. The third-order valence-electron chi connectivity index (χ3n) is 3.21. The van der Waals surface area contributed by atoms with Crippen LogP contribution in [0, 0.1) is 0 Å². The van der Waals surface area contributed by atoms with Crippen LogP contribution in [0.2, 0.25) is 0 Å². The summed E-state index contributed by atoms with van der Waals surface area (Å²) in [5.41, 5.74) is 2.48. The highest BCUT2D eigenvalue weighted by Gasteiger charge is 2.06. The Morgan fingerprint density at radius 3 is 2.80 bits per heavy atom. The molecule has 5 nitrogen and oxygen atoms in total. The Bertz CT molecular complexity index is 523. The lowest BCUT2D eigenvalue weighted by molar-refractivity contribution is 0.399. The second-order valence-electron chi connectivity index (χ2n) is 5.15. The summed E-state index contributed by atoms with van der Waals surface area (Å²) in [6.45, 7) is 1.79. The minimum Gasteiger partial charge on any atom is -0.496 e. The van der Waals surface area contributed by atoms with Gasteiger partial charge < -0.3 is 9.64 Å². The topological polar surface area (TPSA) is 43.2 Å². The summed E-state index contributed by atoms with van der Waals surface area (Å²) in [6.07, 6.45) is 5.50. The molecule has 2 rings (SSSR count). The van der Waals surface area contributed by atoms with E-state index < -0.39 is 0 Å². The van der Waals surface area contributed by atoms with E-state index in [0.29, 0.717) is 6.54 Å². The molecule has 0 radical (unpaired) electrons. The number of ether oxygens (including phenoxy) is 1. The third kappa shape index (κ3) is 4.06. The van der Waals surface area contributed by atoms with E-state index >= 15 is 0 Å². The molecule has 108 valence electrons. The van der Waals surface area contributed by atoms with E-state index in [1.165, 1.54) is 5.56 Å². The summed E-state index contributed by atoms with van der Waals surface area (Å²) in [7, 11) is 5.90. The second-order valence-corrected chi connectivity index (χ2v) is 5.15. The number of benzene rings is 1. The van der Waals surface area contributed by atoms with Crippen molar-refractivity contribution in [1.29, 1.82) is 0 Å². The molecule has 0 unspecified atom stereocenters. The molecule has 0 saturated carbocycles. The van der Waals surface area contributed by atoms with Crippen LogP contribution < -0.4 is 4.74 Å². The van der Waals surface area contributed by atoms with E-state index in [1.807, 2.05) is 6.07 Å². The Morgan fingerprint density at radius 2 is 2.15 bits per heavy atom. The Kier molecular flexibility index (Phi) is 5.12. The number of hydrogen-bond acceptors (Lipinski definition) is 4. The first-order valence-electron chi connectivity index (χ1n) is 6.82. The molecule has 1 aromatic carbocycles. The monoisotopic (exact) mass is 274 g/mol. The molecule has 0 aliphatic carbocycles. The fraction of sp³-hybridized carbons (Fsp3) is 0.467. The Morgan fingerprint density at radius 1 is 1.30 bits per heavy atom. The van der Waals surface area contributed by atoms with Crippen LogP contribution in [0.25, 0.3) is 0 Å². The van der Waals surface area contributed by atoms with Crippen LogP contribution >= 0.6 is 0 Å². The van der Waals surface area contributed by atoms with Crippen LogP contribution in [0.5, 0.6) is 5.75 Å². The number of aromatic nitrogens is 3. The molecule has 5 heteroatoms. The molecule has 0 spiro atoms. The molecule has 0 N–H and O–H groups in total. The maximum atomic E-state index is 5.42. The predicted molar refractivity (Wildman–Crippen MR) is 79.0 cm³/mol. The molecule has 0 bridgehead atoms. The van der Waals surface area contributed by atoms with Crippen LogP contribution in [0.4, 0.5) is 0 Å². The van der Waals surface area contributed by atoms with E-state index in [2.05, 4.69) is 41.2 Å². The van der Waals surface area contributed by atoms with Gasteiger partial charge in [-0.1, -0.05) is 12.1 Å². The number of hydrogen-bond donors (Lipinski definition) is 0. The van der Waals surface area contributed by atoms with Crippen LogP contribution in [0.3, 0.4) is 0 Å². The molecule has 20 heavy (non-hydrogen) atoms. The van der Waals surface area contributed by atoms with Crippen molar-refractivity contribution in [3.8, 4) is 5.75 Å². The smallest absolute Gasteiger partial charge is 0.137 e. The number of methoxy groups -OCH3 is 1. The first-order valence-corrected chi connectivity index (χ1v) is 6.82. The van der Waals surface area contributed by atoms with Gasteiger partial charge in [0.2, 0.25) is 0 Å². The number of rotatable bonds is 7. The number of nitrogens with zero attached hydrogens (tertiary/aromatic N) is 4. The number of aryl methyl sites for hydroxylation is 1. The van der Waals surface area contributed by atoms with Gasteiger partial charge in [0, 0.05) is 5.56 Å². The Hall–Kier alpha value is -1.88. The van der Waals surface area contributed by atoms with Gasteiger partial charge in [-0.3, -0.25) is 0 Å². The minimum absolute atomic E-state index is 0.685. The van der Waals surface area contributed by atoms with Crippen molar-refractivity contribution in [2.75, 3.05) is 27.7 Å². The van der Waals surface area contributed by atoms with E-state index in [-0.39, 0.29) is 0 Å². The molecule has 0 saturated heterocycles. The normalized spacial score (nSPS) is 11.0. The lowest BCUT2D eigenvalue weighted by Gasteiger charge is -2.12. The summed E-state index contributed by atoms with van der Waals surface area (Å²) in [5, 5.41) is 4.15. The van der Waals surface area contributed by atoms with Crippen LogP contribution in [-0.4, -0.2) is 47.4 Å². The first kappa shape index (κ1) is 14.5. The highest BCUT2D eigenvalue weighted by Crippen LogP contribution is 2.21. The Balaban J connectivity index is 2.07. The summed E-state index contributed by atoms with van der Waals surface area (Å²) >= 11 is 0. The summed E-state index contributed by atoms with van der Waals surface area (Å²) in [6, 6.07) is 6.38. The molecule has 1 heterocycles. The molecule has 0 fully saturated rings. The maximum Gasteiger partial charge on any atom is 0.137 e. The lowest BCUT2D eigenvalue weighted by Crippen LogP contribution is -2.13. The van der Waals surface area contributed by atoms with Gasteiger partial charge in [-0.2, -0.15) is 5.10 Å². The molecule has 2 aromatic rings. The standard InChI is InChI=1S/C15H22N4O/c1-18(2)8-4-5-13-6-7-15(20-3)14(9-13)10-19-12-16-11-17-19/h6-7,9,11-12H,4-5,8,10H2,1-3H3. The molecule has 0 aliphatic heterocycles. The van der Waals surface area contributed by atoms with Gasteiger partial charge in [0.05, 0.1) is 13.7 Å². The quantitative estimate of drug-likeness (QED) is 0.772. The van der Waals surface area contributed by atoms with Gasteiger partial charge in [0.1, 0.15) is 18.4 Å². The second kappa shape index (κ2) is 7.05. The SMILES string of the molecule is COc1ccc(CCCN(C)C)cc1Cn1cncn1. The van der Waals surface area contributed by atoms with Gasteiger partial charge in [-0.15, -0.1) is 0 Å². The van der Waals surface area contributed by atoms with Gasteiger partial charge in [-0.05, 0) is 45.1 Å². The van der Waals surface area contributed by atoms with Crippen LogP contribution in [0.15, 0.2) is 30.9 Å². The highest BCUT2D eigenvalue weighted by molar-refractivity contribution is 5.37. The highest BCUT2D eigenvalue weighted by atomic mass is 16.5.